The van der Waals surface area contributed by atoms with Crippen LogP contribution in [0.15, 0.2) is 16.9 Å². The molecular weight excluding hydrogens is 315 g/mol. The zero-order chi connectivity index (χ0) is 17.6. The van der Waals surface area contributed by atoms with Crippen LogP contribution in [0.4, 0.5) is 18.9 Å². The van der Waals surface area contributed by atoms with E-state index in [0.29, 0.717) is 6.92 Å². The van der Waals surface area contributed by atoms with Gasteiger partial charge in [-0.2, -0.15) is 8.78 Å². The van der Waals surface area contributed by atoms with Gasteiger partial charge in [0.05, 0.1) is 5.39 Å². The van der Waals surface area contributed by atoms with Gasteiger partial charge in [0.1, 0.15) is 11.1 Å². The minimum absolute atomic E-state index is 0.0192. The molecular formula is C14H14F3N3O3. The number of aliphatic carboxylic acids is 1. The lowest BCUT2D eigenvalue weighted by atomic mass is 10.1. The molecule has 3 N–H and O–H groups in total. The van der Waals surface area contributed by atoms with E-state index in [-0.39, 0.29) is 11.1 Å². The van der Waals surface area contributed by atoms with Crippen molar-refractivity contribution in [3.63, 3.8) is 0 Å². The number of carboxylic acids is 1. The van der Waals surface area contributed by atoms with Gasteiger partial charge < -0.3 is 15.4 Å². The van der Waals surface area contributed by atoms with Crippen LogP contribution in [0.25, 0.3) is 10.9 Å². The highest BCUT2D eigenvalue weighted by Gasteiger charge is 2.30. The maximum Gasteiger partial charge on any atom is 0.328 e. The minimum atomic E-state index is -3.43. The Kier molecular flexibility index (Phi) is 3.83. The highest BCUT2D eigenvalue weighted by molar-refractivity contribution is 5.85. The number of anilines is 1. The molecule has 0 spiro atoms. The molecule has 0 aliphatic rings. The number of hydrogen-bond acceptors (Lipinski definition) is 4. The highest BCUT2D eigenvalue weighted by atomic mass is 19.3. The number of carbonyl (C=O) groups is 1. The van der Waals surface area contributed by atoms with Crippen LogP contribution >= 0.6 is 0 Å². The summed E-state index contributed by atoms with van der Waals surface area (Å²) in [6, 6.07) is 2.06. The average Bonchev–Trinajstić information content (AvgIpc) is 2.38. The fraction of sp³-hybridized carbons (Fsp3) is 0.357. The summed E-state index contributed by atoms with van der Waals surface area (Å²) in [6.45, 7) is 3.22. The molecule has 2 aromatic rings. The Morgan fingerprint density at radius 3 is 2.43 bits per heavy atom. The summed E-state index contributed by atoms with van der Waals surface area (Å²) in [4.78, 5) is 28.3. The van der Waals surface area contributed by atoms with Crippen molar-refractivity contribution in [3.05, 3.63) is 34.1 Å². The van der Waals surface area contributed by atoms with E-state index >= 15 is 0 Å². The number of aromatic nitrogens is 2. The Labute approximate surface area is 128 Å². The maximum absolute atomic E-state index is 14.1. The van der Waals surface area contributed by atoms with E-state index in [1.54, 1.807) is 0 Å². The summed E-state index contributed by atoms with van der Waals surface area (Å²) in [7, 11) is 0. The molecule has 0 saturated heterocycles. The molecule has 124 valence electrons. The fourth-order valence-corrected chi connectivity index (χ4v) is 1.89. The van der Waals surface area contributed by atoms with Gasteiger partial charge in [0, 0.05) is 12.6 Å². The lowest BCUT2D eigenvalue weighted by Gasteiger charge is -2.22. The third-order valence-electron chi connectivity index (χ3n) is 3.17. The fourth-order valence-electron chi connectivity index (χ4n) is 1.89. The summed E-state index contributed by atoms with van der Waals surface area (Å²) in [5, 5.41) is 11.3. The molecule has 0 atom stereocenters. The molecule has 1 aromatic carbocycles. The van der Waals surface area contributed by atoms with E-state index in [0.717, 1.165) is 12.1 Å². The Morgan fingerprint density at radius 2 is 1.91 bits per heavy atom. The van der Waals surface area contributed by atoms with Gasteiger partial charge in [0.25, 0.3) is 5.56 Å². The van der Waals surface area contributed by atoms with Crippen LogP contribution in [0.2, 0.25) is 0 Å². The second-order valence-electron chi connectivity index (χ2n) is 5.71. The van der Waals surface area contributed by atoms with Crippen molar-refractivity contribution in [1.29, 1.82) is 0 Å². The first-order chi connectivity index (χ1) is 10.4. The third kappa shape index (κ3) is 3.27. The van der Waals surface area contributed by atoms with E-state index < -0.39 is 40.1 Å². The van der Waals surface area contributed by atoms with Gasteiger partial charge in [0.2, 0.25) is 0 Å². The topological polar surface area (TPSA) is 95.1 Å². The molecule has 0 amide bonds. The number of alkyl halides is 2. The first-order valence-electron chi connectivity index (χ1n) is 6.55. The number of nitrogens with one attached hydrogen (secondary N) is 2. The molecule has 0 fully saturated rings. The largest absolute Gasteiger partial charge is 0.480 e. The third-order valence-corrected chi connectivity index (χ3v) is 3.17. The molecule has 0 aliphatic heterocycles. The number of fused-ring (bicyclic) bond motifs is 1. The van der Waals surface area contributed by atoms with Crippen molar-refractivity contribution >= 4 is 22.6 Å². The van der Waals surface area contributed by atoms with Crippen molar-refractivity contribution in [2.75, 3.05) is 5.32 Å². The second kappa shape index (κ2) is 5.25. The number of benzene rings is 1. The van der Waals surface area contributed by atoms with Gasteiger partial charge in [-0.05, 0) is 26.0 Å². The Hall–Kier alpha value is -2.58. The van der Waals surface area contributed by atoms with E-state index in [2.05, 4.69) is 10.3 Å². The quantitative estimate of drug-likeness (QED) is 0.801. The molecule has 1 aromatic heterocycles. The van der Waals surface area contributed by atoms with E-state index in [1.165, 1.54) is 13.8 Å². The van der Waals surface area contributed by atoms with Gasteiger partial charge in [0.15, 0.2) is 11.6 Å². The van der Waals surface area contributed by atoms with Crippen molar-refractivity contribution in [1.82, 2.24) is 9.97 Å². The summed E-state index contributed by atoms with van der Waals surface area (Å²) in [6.07, 6.45) is 0. The van der Waals surface area contributed by atoms with Gasteiger partial charge in [-0.1, -0.05) is 0 Å². The van der Waals surface area contributed by atoms with Gasteiger partial charge >= 0.3 is 11.9 Å². The molecule has 6 nitrogen and oxygen atoms in total. The van der Waals surface area contributed by atoms with Gasteiger partial charge in [-0.3, -0.25) is 4.79 Å². The van der Waals surface area contributed by atoms with Crippen molar-refractivity contribution in [3.8, 4) is 0 Å². The van der Waals surface area contributed by atoms with Crippen molar-refractivity contribution in [2.24, 2.45) is 0 Å². The smallest absolute Gasteiger partial charge is 0.328 e. The normalized spacial score (nSPS) is 12.4. The number of rotatable bonds is 4. The molecule has 2 rings (SSSR count). The molecule has 23 heavy (non-hydrogen) atoms. The standard InChI is InChI=1S/C14H14F3N3O3/c1-13(2,12(22)23)20-6-4-7-9(8(15)5-6)18-11(14(3,16)17)19-10(7)21/h4-5,20H,1-3H3,(H,22,23)(H,18,19,21). The summed E-state index contributed by atoms with van der Waals surface area (Å²) in [5.74, 6) is -6.57. The average molecular weight is 329 g/mol. The maximum atomic E-state index is 14.1. The molecule has 1 heterocycles. The molecule has 0 unspecified atom stereocenters. The Bertz CT molecular complexity index is 841. The Balaban J connectivity index is 2.62. The van der Waals surface area contributed by atoms with Crippen molar-refractivity contribution in [2.45, 2.75) is 32.2 Å². The van der Waals surface area contributed by atoms with Gasteiger partial charge in [-0.15, -0.1) is 0 Å². The van der Waals surface area contributed by atoms with Crippen LogP contribution in [0.5, 0.6) is 0 Å². The van der Waals surface area contributed by atoms with Crippen LogP contribution in [-0.2, 0) is 10.7 Å². The van der Waals surface area contributed by atoms with Crippen LogP contribution in [0.3, 0.4) is 0 Å². The number of carboxylic acid groups (broad SMARTS) is 1. The summed E-state index contributed by atoms with van der Waals surface area (Å²) in [5.41, 5.74) is -2.85. The highest BCUT2D eigenvalue weighted by Crippen LogP contribution is 2.26. The number of nitrogens with zero attached hydrogens (tertiary/aromatic N) is 1. The lowest BCUT2D eigenvalue weighted by molar-refractivity contribution is -0.141. The SMILES string of the molecule is CC(C)(Nc1cc(F)c2nc(C(C)(F)F)[nH]c(=O)c2c1)C(=O)O. The predicted molar refractivity (Wildman–Crippen MR) is 77.2 cm³/mol. The molecule has 0 radical (unpaired) electrons. The monoisotopic (exact) mass is 329 g/mol. The summed E-state index contributed by atoms with van der Waals surface area (Å²) < 4.78 is 40.6. The van der Waals surface area contributed by atoms with Crippen LogP contribution < -0.4 is 10.9 Å². The number of aromatic amines is 1. The molecule has 0 aliphatic carbocycles. The van der Waals surface area contributed by atoms with E-state index in [9.17, 15) is 22.8 Å². The van der Waals surface area contributed by atoms with Crippen LogP contribution in [-0.4, -0.2) is 26.6 Å². The molecule has 9 heteroatoms. The van der Waals surface area contributed by atoms with Crippen LogP contribution in [0, 0.1) is 5.82 Å². The molecule has 0 saturated carbocycles. The minimum Gasteiger partial charge on any atom is -0.480 e. The van der Waals surface area contributed by atoms with Crippen LogP contribution in [0.1, 0.15) is 26.6 Å². The van der Waals surface area contributed by atoms with Gasteiger partial charge in [-0.25, -0.2) is 14.2 Å². The molecule has 0 bridgehead atoms. The first-order valence-corrected chi connectivity index (χ1v) is 6.55. The number of halogens is 3. The second-order valence-corrected chi connectivity index (χ2v) is 5.71. The lowest BCUT2D eigenvalue weighted by Crippen LogP contribution is -2.40. The number of hydrogen-bond donors (Lipinski definition) is 3. The first kappa shape index (κ1) is 16.8. The van der Waals surface area contributed by atoms with E-state index in [1.807, 2.05) is 4.98 Å². The zero-order valence-corrected chi connectivity index (χ0v) is 12.5. The predicted octanol–water partition coefficient (Wildman–Crippen LogP) is 2.45. The summed E-state index contributed by atoms with van der Waals surface area (Å²) >= 11 is 0. The van der Waals surface area contributed by atoms with Crippen molar-refractivity contribution < 1.29 is 23.1 Å². The van der Waals surface area contributed by atoms with E-state index in [4.69, 9.17) is 5.11 Å². The Morgan fingerprint density at radius 1 is 1.30 bits per heavy atom. The number of H-pyrrole nitrogens is 1. The zero-order valence-electron chi connectivity index (χ0n) is 12.5.